The smallest absolute Gasteiger partial charge is 0.322 e. The maximum Gasteiger partial charge on any atom is 0.322 e. The third-order valence-electron chi connectivity index (χ3n) is 3.73. The summed E-state index contributed by atoms with van der Waals surface area (Å²) >= 11 is 5.77. The molecule has 1 atom stereocenters. The van der Waals surface area contributed by atoms with Crippen LogP contribution in [0.2, 0.25) is 5.02 Å². The molecule has 0 aliphatic rings. The number of benzene rings is 2. The Hall–Kier alpha value is -1.89. The topological polar surface area (TPSA) is 74.7 Å². The second-order valence-electron chi connectivity index (χ2n) is 5.52. The van der Waals surface area contributed by atoms with Crippen LogP contribution in [0.25, 0.3) is 0 Å². The lowest BCUT2D eigenvalue weighted by molar-refractivity contribution is -0.141. The Morgan fingerprint density at radius 2 is 1.83 bits per heavy atom. The number of hydrogen-bond donors (Lipinski definition) is 1. The Morgan fingerprint density at radius 1 is 1.21 bits per heavy atom. The van der Waals surface area contributed by atoms with E-state index in [4.69, 9.17) is 11.6 Å². The van der Waals surface area contributed by atoms with Crippen LogP contribution < -0.4 is 0 Å². The van der Waals surface area contributed by atoms with Crippen molar-refractivity contribution in [1.29, 1.82) is 0 Å². The molecule has 2 aromatic rings. The van der Waals surface area contributed by atoms with Crippen molar-refractivity contribution in [3.05, 3.63) is 64.7 Å². The molecule has 0 spiro atoms. The number of aliphatic carboxylic acids is 1. The second kappa shape index (κ2) is 7.34. The Balaban J connectivity index is 2.33. The minimum atomic E-state index is -3.94. The van der Waals surface area contributed by atoms with Crippen LogP contribution in [0.3, 0.4) is 0 Å². The standard InChI is InChI=1S/C17H18ClNO4S/c1-12-4-3-5-13(10-12)11-16(17(20)21)19(2)24(22,23)15-8-6-14(18)7-9-15/h3-10,16H,11H2,1-2H3,(H,20,21)/t16-/m1/s1. The summed E-state index contributed by atoms with van der Waals surface area (Å²) in [5.41, 5.74) is 1.75. The molecule has 0 saturated heterocycles. The fourth-order valence-corrected chi connectivity index (χ4v) is 3.81. The van der Waals surface area contributed by atoms with E-state index in [1.807, 2.05) is 25.1 Å². The van der Waals surface area contributed by atoms with Gasteiger partial charge in [-0.3, -0.25) is 4.79 Å². The fraction of sp³-hybridized carbons (Fsp3) is 0.235. The molecule has 24 heavy (non-hydrogen) atoms. The summed E-state index contributed by atoms with van der Waals surface area (Å²) in [6.45, 7) is 1.90. The van der Waals surface area contributed by atoms with E-state index in [1.54, 1.807) is 6.07 Å². The number of hydrogen-bond acceptors (Lipinski definition) is 3. The fourth-order valence-electron chi connectivity index (χ4n) is 2.37. The molecule has 5 nitrogen and oxygen atoms in total. The summed E-state index contributed by atoms with van der Waals surface area (Å²) < 4.78 is 26.2. The van der Waals surface area contributed by atoms with Gasteiger partial charge < -0.3 is 5.11 Å². The number of nitrogens with zero attached hydrogens (tertiary/aromatic N) is 1. The maximum atomic E-state index is 12.7. The molecule has 7 heteroatoms. The van der Waals surface area contributed by atoms with Crippen molar-refractivity contribution in [1.82, 2.24) is 4.31 Å². The van der Waals surface area contributed by atoms with Crippen LogP contribution in [0.15, 0.2) is 53.4 Å². The molecule has 0 aromatic heterocycles. The average molecular weight is 368 g/mol. The van der Waals surface area contributed by atoms with Crippen LogP contribution in [-0.2, 0) is 21.2 Å². The second-order valence-corrected chi connectivity index (χ2v) is 7.96. The van der Waals surface area contributed by atoms with Gasteiger partial charge in [-0.1, -0.05) is 41.4 Å². The molecule has 2 aromatic carbocycles. The van der Waals surface area contributed by atoms with Gasteiger partial charge in [-0.05, 0) is 43.2 Å². The first-order chi connectivity index (χ1) is 11.2. The number of halogens is 1. The molecule has 128 valence electrons. The highest BCUT2D eigenvalue weighted by Gasteiger charge is 2.32. The predicted molar refractivity (Wildman–Crippen MR) is 92.7 cm³/mol. The minimum absolute atomic E-state index is 0.00453. The highest BCUT2D eigenvalue weighted by atomic mass is 35.5. The molecule has 2 rings (SSSR count). The summed E-state index contributed by atoms with van der Waals surface area (Å²) in [5.74, 6) is -1.20. The van der Waals surface area contributed by atoms with Crippen LogP contribution in [-0.4, -0.2) is 36.9 Å². The van der Waals surface area contributed by atoms with Gasteiger partial charge in [0.1, 0.15) is 6.04 Å². The largest absolute Gasteiger partial charge is 0.480 e. The lowest BCUT2D eigenvalue weighted by Crippen LogP contribution is -2.43. The SMILES string of the molecule is Cc1cccc(C[C@H](C(=O)O)N(C)S(=O)(=O)c2ccc(Cl)cc2)c1. The van der Waals surface area contributed by atoms with Gasteiger partial charge in [-0.2, -0.15) is 4.31 Å². The van der Waals surface area contributed by atoms with Crippen molar-refractivity contribution in [3.63, 3.8) is 0 Å². The lowest BCUT2D eigenvalue weighted by atomic mass is 10.0. The number of likely N-dealkylation sites (N-methyl/N-ethyl adjacent to an activating group) is 1. The molecular weight excluding hydrogens is 350 g/mol. The zero-order valence-corrected chi connectivity index (χ0v) is 14.9. The molecule has 0 amide bonds. The van der Waals surface area contributed by atoms with E-state index < -0.39 is 22.0 Å². The Bertz CT molecular complexity index is 834. The van der Waals surface area contributed by atoms with Gasteiger partial charge in [0.15, 0.2) is 0 Å². The Labute approximate surface area is 146 Å². The molecule has 0 unspecified atom stereocenters. The van der Waals surface area contributed by atoms with E-state index in [2.05, 4.69) is 0 Å². The van der Waals surface area contributed by atoms with E-state index in [9.17, 15) is 18.3 Å². The van der Waals surface area contributed by atoms with Gasteiger partial charge in [-0.15, -0.1) is 0 Å². The van der Waals surface area contributed by atoms with Gasteiger partial charge in [0, 0.05) is 12.1 Å². The first kappa shape index (κ1) is 18.4. The summed E-state index contributed by atoms with van der Waals surface area (Å²) in [5, 5.41) is 9.91. The predicted octanol–water partition coefficient (Wildman–Crippen LogP) is 2.96. The monoisotopic (exact) mass is 367 g/mol. The number of carbonyl (C=O) groups is 1. The van der Waals surface area contributed by atoms with Crippen molar-refractivity contribution in [2.75, 3.05) is 7.05 Å². The number of carboxylic acid groups (broad SMARTS) is 1. The van der Waals surface area contributed by atoms with Crippen LogP contribution in [0, 0.1) is 6.92 Å². The van der Waals surface area contributed by atoms with E-state index in [-0.39, 0.29) is 11.3 Å². The van der Waals surface area contributed by atoms with Crippen LogP contribution >= 0.6 is 11.6 Å². The van der Waals surface area contributed by atoms with Crippen LogP contribution in [0.1, 0.15) is 11.1 Å². The number of sulfonamides is 1. The number of aryl methyl sites for hydroxylation is 1. The van der Waals surface area contributed by atoms with Crippen molar-refractivity contribution in [3.8, 4) is 0 Å². The van der Waals surface area contributed by atoms with Gasteiger partial charge in [0.25, 0.3) is 0 Å². The van der Waals surface area contributed by atoms with Crippen LogP contribution in [0.5, 0.6) is 0 Å². The van der Waals surface area contributed by atoms with Gasteiger partial charge in [-0.25, -0.2) is 8.42 Å². The quantitative estimate of drug-likeness (QED) is 0.851. The number of rotatable bonds is 6. The Morgan fingerprint density at radius 3 is 2.38 bits per heavy atom. The highest BCUT2D eigenvalue weighted by molar-refractivity contribution is 7.89. The van der Waals surface area contributed by atoms with Crippen molar-refractivity contribution in [2.45, 2.75) is 24.3 Å². The molecule has 0 aliphatic carbocycles. The summed E-state index contributed by atoms with van der Waals surface area (Å²) in [7, 11) is -2.66. The van der Waals surface area contributed by atoms with Crippen molar-refractivity contribution < 1.29 is 18.3 Å². The molecule has 1 N–H and O–H groups in total. The van der Waals surface area contributed by atoms with E-state index in [0.29, 0.717) is 5.02 Å². The third-order valence-corrected chi connectivity index (χ3v) is 5.86. The van der Waals surface area contributed by atoms with Crippen molar-refractivity contribution in [2.24, 2.45) is 0 Å². The number of carboxylic acids is 1. The molecule has 0 saturated carbocycles. The zero-order valence-electron chi connectivity index (χ0n) is 13.3. The van der Waals surface area contributed by atoms with E-state index in [1.165, 1.54) is 31.3 Å². The molecule has 0 fully saturated rings. The third kappa shape index (κ3) is 4.14. The molecule has 0 aliphatic heterocycles. The van der Waals surface area contributed by atoms with E-state index in [0.717, 1.165) is 15.4 Å². The van der Waals surface area contributed by atoms with Gasteiger partial charge >= 0.3 is 5.97 Å². The highest BCUT2D eigenvalue weighted by Crippen LogP contribution is 2.21. The van der Waals surface area contributed by atoms with E-state index >= 15 is 0 Å². The normalized spacial score (nSPS) is 13.0. The molecule has 0 heterocycles. The average Bonchev–Trinajstić information content (AvgIpc) is 2.52. The summed E-state index contributed by atoms with van der Waals surface area (Å²) in [4.78, 5) is 11.6. The molecular formula is C17H18ClNO4S. The molecule has 0 radical (unpaired) electrons. The Kier molecular flexibility index (Phi) is 5.64. The summed E-state index contributed by atoms with van der Waals surface area (Å²) in [6, 6.07) is 11.8. The maximum absolute atomic E-state index is 12.7. The molecule has 0 bridgehead atoms. The van der Waals surface area contributed by atoms with Crippen LogP contribution in [0.4, 0.5) is 0 Å². The van der Waals surface area contributed by atoms with Gasteiger partial charge in [0.2, 0.25) is 10.0 Å². The first-order valence-corrected chi connectivity index (χ1v) is 9.05. The zero-order chi connectivity index (χ0) is 17.9. The van der Waals surface area contributed by atoms with Crippen molar-refractivity contribution >= 4 is 27.6 Å². The first-order valence-electron chi connectivity index (χ1n) is 7.24. The summed E-state index contributed by atoms with van der Waals surface area (Å²) in [6.07, 6.45) is 0.0837. The minimum Gasteiger partial charge on any atom is -0.480 e. The lowest BCUT2D eigenvalue weighted by Gasteiger charge is -2.24. The van der Waals surface area contributed by atoms with Gasteiger partial charge in [0.05, 0.1) is 4.90 Å².